The van der Waals surface area contributed by atoms with Crippen molar-refractivity contribution in [3.8, 4) is 33.6 Å². The summed E-state index contributed by atoms with van der Waals surface area (Å²) >= 11 is 0. The molecule has 0 aliphatic carbocycles. The summed E-state index contributed by atoms with van der Waals surface area (Å²) in [6.45, 7) is 7.02. The molecule has 4 aromatic carbocycles. The van der Waals surface area contributed by atoms with Gasteiger partial charge in [0.2, 0.25) is 5.91 Å². The van der Waals surface area contributed by atoms with Crippen molar-refractivity contribution in [2.24, 2.45) is 0 Å². The van der Waals surface area contributed by atoms with E-state index < -0.39 is 0 Å². The highest BCUT2D eigenvalue weighted by Crippen LogP contribution is 2.38. The molecule has 1 amide bonds. The quantitative estimate of drug-likeness (QED) is 0.0825. The van der Waals surface area contributed by atoms with Gasteiger partial charge in [0, 0.05) is 13.1 Å². The van der Waals surface area contributed by atoms with Gasteiger partial charge in [0.1, 0.15) is 29.3 Å². The molecule has 0 unspecified atom stereocenters. The van der Waals surface area contributed by atoms with Crippen LogP contribution in [0.3, 0.4) is 0 Å². The van der Waals surface area contributed by atoms with Crippen LogP contribution in [0, 0.1) is 0 Å². The van der Waals surface area contributed by atoms with E-state index in [2.05, 4.69) is 99.0 Å². The lowest BCUT2D eigenvalue weighted by Gasteiger charge is -2.31. The summed E-state index contributed by atoms with van der Waals surface area (Å²) in [5.74, 6) is 4.07. The highest BCUT2D eigenvalue weighted by molar-refractivity contribution is 5.84. The van der Waals surface area contributed by atoms with Crippen LogP contribution in [0.25, 0.3) is 33.6 Å². The number of rotatable bonds is 14. The van der Waals surface area contributed by atoms with E-state index in [1.165, 1.54) is 0 Å². The average Bonchev–Trinajstić information content (AvgIpc) is 4.11. The molecule has 290 valence electrons. The van der Waals surface area contributed by atoms with Gasteiger partial charge in [-0.25, -0.2) is 14.8 Å². The van der Waals surface area contributed by atoms with Crippen molar-refractivity contribution in [2.45, 2.75) is 63.7 Å². The van der Waals surface area contributed by atoms with E-state index in [1.54, 1.807) is 0 Å². The standard InChI is InChI=1S/C47H50N8O2/c1-3-48-43(36-13-7-5-8-14-36)42(31-56)54-27-11-17-40(54)45-50-29-38(52-45)34-23-19-32(20-24-34)33-21-25-35(26-22-33)39-30-51-46(53-39)41-18-12-28-55(41)47(57)44(49-4-2)37-15-9-6-10-16-37/h5-10,13-16,19-26,29-30,40-41,43-44,48-49H,3-4,11-12,17-18,27-28H2,1-2H3,(H,50,52)(H,51,53)/t40-,41-,43+,44+/m0/s1. The average molecular weight is 759 g/mol. The highest BCUT2D eigenvalue weighted by atomic mass is 16.2. The van der Waals surface area contributed by atoms with Gasteiger partial charge >= 0.3 is 0 Å². The highest BCUT2D eigenvalue weighted by Gasteiger charge is 2.36. The van der Waals surface area contributed by atoms with Gasteiger partial charge in [0.25, 0.3) is 0 Å². The first-order valence-corrected chi connectivity index (χ1v) is 20.3. The molecule has 2 aromatic heterocycles. The molecule has 4 atom stereocenters. The lowest BCUT2D eigenvalue weighted by atomic mass is 10.0. The minimum atomic E-state index is -0.380. The Kier molecular flexibility index (Phi) is 11.5. The zero-order valence-corrected chi connectivity index (χ0v) is 32.6. The molecular formula is C47H50N8O2. The number of H-pyrrole nitrogens is 2. The summed E-state index contributed by atoms with van der Waals surface area (Å²) in [7, 11) is 0. The second-order valence-corrected chi connectivity index (χ2v) is 14.9. The van der Waals surface area contributed by atoms with E-state index in [4.69, 9.17) is 9.97 Å². The predicted octanol–water partition coefficient (Wildman–Crippen LogP) is 8.35. The maximum absolute atomic E-state index is 13.9. The summed E-state index contributed by atoms with van der Waals surface area (Å²) < 4.78 is 0. The minimum Gasteiger partial charge on any atom is -0.354 e. The van der Waals surface area contributed by atoms with Crippen LogP contribution >= 0.6 is 0 Å². The SMILES string of the molecule is CCN[C@@H](C(=O)N1CCC[C@H]1c1ncc(-c2ccc(-c3ccc(-c4cnc([C@@H]5CCCN5C(=C=O)[C@H](NCC)c5ccccc5)[nH]4)cc3)cc2)[nH]1)c1ccccc1. The van der Waals surface area contributed by atoms with Gasteiger partial charge in [-0.1, -0.05) is 123 Å². The number of likely N-dealkylation sites (tertiary alicyclic amines) is 2. The number of amides is 1. The Bertz CT molecular complexity index is 2300. The molecule has 57 heavy (non-hydrogen) atoms. The van der Waals surface area contributed by atoms with Crippen LogP contribution in [0.2, 0.25) is 0 Å². The van der Waals surface area contributed by atoms with Crippen LogP contribution in [-0.2, 0) is 9.59 Å². The molecule has 0 saturated carbocycles. The molecule has 4 heterocycles. The maximum Gasteiger partial charge on any atom is 0.244 e. The fourth-order valence-corrected chi connectivity index (χ4v) is 8.51. The second-order valence-electron chi connectivity index (χ2n) is 14.9. The number of likely N-dealkylation sites (N-methyl/N-ethyl adjacent to an activating group) is 2. The topological polar surface area (TPSA) is 122 Å². The third-order valence-electron chi connectivity index (χ3n) is 11.4. The van der Waals surface area contributed by atoms with Crippen LogP contribution in [0.4, 0.5) is 0 Å². The van der Waals surface area contributed by atoms with Crippen LogP contribution < -0.4 is 10.6 Å². The Morgan fingerprint density at radius 1 is 0.649 bits per heavy atom. The summed E-state index contributed by atoms with van der Waals surface area (Å²) in [5, 5.41) is 6.89. The number of carbonyl (C=O) groups excluding carboxylic acids is 2. The van der Waals surface area contributed by atoms with Crippen molar-refractivity contribution >= 4 is 11.8 Å². The molecule has 2 aliphatic heterocycles. The smallest absolute Gasteiger partial charge is 0.244 e. The summed E-state index contributed by atoms with van der Waals surface area (Å²) in [4.78, 5) is 47.2. The van der Waals surface area contributed by atoms with E-state index in [9.17, 15) is 9.59 Å². The van der Waals surface area contributed by atoms with E-state index in [1.807, 2.05) is 72.7 Å². The number of benzene rings is 4. The molecule has 0 radical (unpaired) electrons. The number of nitrogens with zero attached hydrogens (tertiary/aromatic N) is 4. The first-order valence-electron chi connectivity index (χ1n) is 20.3. The van der Waals surface area contributed by atoms with Gasteiger partial charge in [-0.05, 0) is 72.2 Å². The van der Waals surface area contributed by atoms with Crippen molar-refractivity contribution in [2.75, 3.05) is 26.2 Å². The molecule has 4 N–H and O–H groups in total. The molecular weight excluding hydrogens is 709 g/mol. The lowest BCUT2D eigenvalue weighted by Crippen LogP contribution is -2.40. The van der Waals surface area contributed by atoms with E-state index in [0.717, 1.165) is 102 Å². The Morgan fingerprint density at radius 3 is 1.58 bits per heavy atom. The maximum atomic E-state index is 13.9. The van der Waals surface area contributed by atoms with E-state index >= 15 is 0 Å². The van der Waals surface area contributed by atoms with Crippen molar-refractivity contribution < 1.29 is 9.59 Å². The largest absolute Gasteiger partial charge is 0.354 e. The number of hydrogen-bond acceptors (Lipinski definition) is 7. The van der Waals surface area contributed by atoms with Crippen LogP contribution in [0.5, 0.6) is 0 Å². The monoisotopic (exact) mass is 758 g/mol. The number of aromatic amines is 2. The van der Waals surface area contributed by atoms with E-state index in [0.29, 0.717) is 12.2 Å². The van der Waals surface area contributed by atoms with Crippen molar-refractivity contribution in [1.29, 1.82) is 0 Å². The van der Waals surface area contributed by atoms with Crippen LogP contribution in [-0.4, -0.2) is 67.8 Å². The zero-order valence-electron chi connectivity index (χ0n) is 32.6. The first kappa shape index (κ1) is 37.8. The molecule has 8 rings (SSSR count). The molecule has 0 spiro atoms. The Morgan fingerprint density at radius 2 is 1.09 bits per heavy atom. The van der Waals surface area contributed by atoms with Gasteiger partial charge in [-0.2, -0.15) is 0 Å². The molecule has 0 bridgehead atoms. The van der Waals surface area contributed by atoms with Crippen LogP contribution in [0.15, 0.2) is 127 Å². The minimum absolute atomic E-state index is 0.0292. The molecule has 10 heteroatoms. The molecule has 10 nitrogen and oxygen atoms in total. The van der Waals surface area contributed by atoms with Gasteiger partial charge in [-0.3, -0.25) is 4.79 Å². The van der Waals surface area contributed by atoms with Crippen LogP contribution in [0.1, 0.15) is 86.5 Å². The normalized spacial score (nSPS) is 17.7. The molecule has 2 saturated heterocycles. The fourth-order valence-electron chi connectivity index (χ4n) is 8.51. The van der Waals surface area contributed by atoms with Gasteiger partial charge in [0.05, 0.1) is 41.9 Å². The van der Waals surface area contributed by atoms with Crippen molar-refractivity contribution in [3.05, 3.63) is 150 Å². The first-order chi connectivity index (χ1) is 28.1. The number of nitrogens with one attached hydrogen (secondary N) is 4. The molecule has 2 aliphatic rings. The Labute approximate surface area is 334 Å². The predicted molar refractivity (Wildman–Crippen MR) is 224 cm³/mol. The van der Waals surface area contributed by atoms with E-state index in [-0.39, 0.29) is 30.1 Å². The fraction of sp³-hybridized carbons (Fsp3) is 0.298. The van der Waals surface area contributed by atoms with Gasteiger partial charge in [-0.15, -0.1) is 0 Å². The molecule has 2 fully saturated rings. The summed E-state index contributed by atoms with van der Waals surface area (Å²) in [5.41, 5.74) is 8.83. The van der Waals surface area contributed by atoms with Gasteiger partial charge < -0.3 is 30.4 Å². The Hall–Kier alpha value is -6.06. The number of carbonyl (C=O) groups is 1. The third kappa shape index (κ3) is 7.98. The molecule has 6 aromatic rings. The van der Waals surface area contributed by atoms with Gasteiger partial charge in [0.15, 0.2) is 0 Å². The van der Waals surface area contributed by atoms with Crippen molar-refractivity contribution in [3.63, 3.8) is 0 Å². The number of imidazole rings is 2. The van der Waals surface area contributed by atoms with Crippen molar-refractivity contribution in [1.82, 2.24) is 40.4 Å². The third-order valence-corrected chi connectivity index (χ3v) is 11.4. The number of aromatic nitrogens is 4. The summed E-state index contributed by atoms with van der Waals surface area (Å²) in [6.07, 6.45) is 7.47. The second kappa shape index (κ2) is 17.4. The number of hydrogen-bond donors (Lipinski definition) is 4. The Balaban J connectivity index is 0.933. The summed E-state index contributed by atoms with van der Waals surface area (Å²) in [6, 6.07) is 36.3. The zero-order chi connectivity index (χ0) is 39.1. The lowest BCUT2D eigenvalue weighted by molar-refractivity contribution is -0.134.